The molecule has 1 aliphatic heterocycles. The van der Waals surface area contributed by atoms with Gasteiger partial charge in [0.25, 0.3) is 5.91 Å². The molecular formula is C28H43N3O4. The normalized spacial score (nSPS) is 22.3. The number of nitrogens with zero attached hydrogens (tertiary/aromatic N) is 1. The summed E-state index contributed by atoms with van der Waals surface area (Å²) in [5.41, 5.74) is 0.581. The molecule has 0 aromatic heterocycles. The van der Waals surface area contributed by atoms with Crippen LogP contribution in [0.3, 0.4) is 0 Å². The summed E-state index contributed by atoms with van der Waals surface area (Å²) in [4.78, 5) is 40.5. The van der Waals surface area contributed by atoms with Gasteiger partial charge in [0.05, 0.1) is 13.0 Å². The molecule has 1 saturated heterocycles. The molecule has 1 heterocycles. The minimum absolute atomic E-state index is 0.0149. The fraction of sp³-hybridized carbons (Fsp3) is 0.679. The number of unbranched alkanes of at least 4 members (excludes halogenated alkanes) is 4. The SMILES string of the molecule is CCCCCCCC(=O)N1CCCC(C(=O)NC2CCCC[C@H]2NC(=O)c2ccc(OC)cc2)C1. The van der Waals surface area contributed by atoms with E-state index in [1.54, 1.807) is 31.4 Å². The predicted octanol–water partition coefficient (Wildman–Crippen LogP) is 4.45. The molecule has 0 spiro atoms. The Morgan fingerprint density at radius 2 is 1.60 bits per heavy atom. The molecule has 3 amide bonds. The summed E-state index contributed by atoms with van der Waals surface area (Å²) in [6, 6.07) is 6.88. The fourth-order valence-corrected chi connectivity index (χ4v) is 5.23. The third kappa shape index (κ3) is 8.25. The van der Waals surface area contributed by atoms with Crippen LogP contribution in [-0.2, 0) is 9.59 Å². The summed E-state index contributed by atoms with van der Waals surface area (Å²) in [5.74, 6) is 0.600. The number of methoxy groups -OCH3 is 1. The van der Waals surface area contributed by atoms with Crippen molar-refractivity contribution in [2.24, 2.45) is 5.92 Å². The van der Waals surface area contributed by atoms with E-state index < -0.39 is 0 Å². The van der Waals surface area contributed by atoms with Crippen molar-refractivity contribution < 1.29 is 19.1 Å². The van der Waals surface area contributed by atoms with E-state index in [1.165, 1.54) is 19.3 Å². The number of ether oxygens (including phenoxy) is 1. The van der Waals surface area contributed by atoms with Crippen molar-refractivity contribution in [3.05, 3.63) is 29.8 Å². The van der Waals surface area contributed by atoms with E-state index in [-0.39, 0.29) is 35.7 Å². The Morgan fingerprint density at radius 3 is 2.29 bits per heavy atom. The largest absolute Gasteiger partial charge is 0.497 e. The Kier molecular flexibility index (Phi) is 10.9. The van der Waals surface area contributed by atoms with Crippen molar-refractivity contribution in [3.8, 4) is 5.75 Å². The lowest BCUT2D eigenvalue weighted by atomic mass is 9.88. The van der Waals surface area contributed by atoms with E-state index in [4.69, 9.17) is 4.74 Å². The van der Waals surface area contributed by atoms with Crippen molar-refractivity contribution in [1.29, 1.82) is 0 Å². The predicted molar refractivity (Wildman–Crippen MR) is 137 cm³/mol. The first kappa shape index (κ1) is 27.0. The van der Waals surface area contributed by atoms with Gasteiger partial charge in [-0.3, -0.25) is 14.4 Å². The lowest BCUT2D eigenvalue weighted by Gasteiger charge is -2.36. The monoisotopic (exact) mass is 485 g/mol. The van der Waals surface area contributed by atoms with Crippen molar-refractivity contribution in [3.63, 3.8) is 0 Å². The zero-order valence-electron chi connectivity index (χ0n) is 21.5. The Balaban J connectivity index is 1.50. The molecule has 1 saturated carbocycles. The summed E-state index contributed by atoms with van der Waals surface area (Å²) < 4.78 is 5.17. The average Bonchev–Trinajstić information content (AvgIpc) is 2.89. The van der Waals surface area contributed by atoms with Crippen LogP contribution in [0, 0.1) is 5.92 Å². The number of carbonyl (C=O) groups is 3. The second kappa shape index (κ2) is 14.1. The number of hydrogen-bond acceptors (Lipinski definition) is 4. The first-order valence-corrected chi connectivity index (χ1v) is 13.5. The van der Waals surface area contributed by atoms with Crippen LogP contribution in [0.5, 0.6) is 5.75 Å². The first-order chi connectivity index (χ1) is 17.0. The summed E-state index contributed by atoms with van der Waals surface area (Å²) in [5, 5.41) is 6.36. The van der Waals surface area contributed by atoms with Gasteiger partial charge in [-0.25, -0.2) is 0 Å². The third-order valence-corrected chi connectivity index (χ3v) is 7.40. The molecule has 3 atom stereocenters. The molecule has 2 fully saturated rings. The summed E-state index contributed by atoms with van der Waals surface area (Å²) in [6.07, 6.45) is 11.7. The quantitative estimate of drug-likeness (QED) is 0.453. The van der Waals surface area contributed by atoms with E-state index >= 15 is 0 Å². The molecule has 7 heteroatoms. The second-order valence-corrected chi connectivity index (χ2v) is 10.1. The minimum atomic E-state index is -0.173. The van der Waals surface area contributed by atoms with E-state index in [1.807, 2.05) is 4.90 Å². The first-order valence-electron chi connectivity index (χ1n) is 13.5. The lowest BCUT2D eigenvalue weighted by molar-refractivity contribution is -0.136. The molecule has 2 N–H and O–H groups in total. The number of likely N-dealkylation sites (tertiary alicyclic amines) is 1. The van der Waals surface area contributed by atoms with Crippen molar-refractivity contribution in [2.45, 2.75) is 96.1 Å². The average molecular weight is 486 g/mol. The fourth-order valence-electron chi connectivity index (χ4n) is 5.23. The maximum Gasteiger partial charge on any atom is 0.251 e. The molecular weight excluding hydrogens is 442 g/mol. The van der Waals surface area contributed by atoms with Gasteiger partial charge in [0, 0.05) is 37.2 Å². The van der Waals surface area contributed by atoms with Crippen LogP contribution in [0.1, 0.15) is 94.3 Å². The van der Waals surface area contributed by atoms with Crippen molar-refractivity contribution in [2.75, 3.05) is 20.2 Å². The van der Waals surface area contributed by atoms with E-state index in [9.17, 15) is 14.4 Å². The topological polar surface area (TPSA) is 87.7 Å². The van der Waals surface area contributed by atoms with Gasteiger partial charge in [-0.05, 0) is 56.4 Å². The summed E-state index contributed by atoms with van der Waals surface area (Å²) in [7, 11) is 1.60. The Bertz CT molecular complexity index is 826. The van der Waals surface area contributed by atoms with Gasteiger partial charge in [-0.15, -0.1) is 0 Å². The Hall–Kier alpha value is -2.57. The number of piperidine rings is 1. The van der Waals surface area contributed by atoms with Gasteiger partial charge in [0.1, 0.15) is 5.75 Å². The van der Waals surface area contributed by atoms with Crippen molar-refractivity contribution in [1.82, 2.24) is 15.5 Å². The van der Waals surface area contributed by atoms with Gasteiger partial charge in [0.15, 0.2) is 0 Å². The van der Waals surface area contributed by atoms with Crippen LogP contribution >= 0.6 is 0 Å². The van der Waals surface area contributed by atoms with E-state index in [0.717, 1.165) is 57.9 Å². The van der Waals surface area contributed by atoms with Gasteiger partial charge in [0.2, 0.25) is 11.8 Å². The summed E-state index contributed by atoms with van der Waals surface area (Å²) in [6.45, 7) is 3.45. The Labute approximate surface area is 210 Å². The smallest absolute Gasteiger partial charge is 0.251 e. The number of nitrogens with one attached hydrogen (secondary N) is 2. The molecule has 0 bridgehead atoms. The van der Waals surface area contributed by atoms with E-state index in [0.29, 0.717) is 24.3 Å². The standard InChI is InChI=1S/C28H43N3O4/c1-3-4-5-6-7-14-26(32)31-19-10-11-22(20-31)28(34)30-25-13-9-8-12-24(25)29-27(33)21-15-17-23(35-2)18-16-21/h15-18,22,24-25H,3-14,19-20H2,1-2H3,(H,29,33)(H,30,34)/t22?,24-,25?/m1/s1. The number of carbonyl (C=O) groups excluding carboxylic acids is 3. The lowest BCUT2D eigenvalue weighted by Crippen LogP contribution is -2.55. The number of rotatable bonds is 11. The zero-order valence-corrected chi connectivity index (χ0v) is 21.5. The second-order valence-electron chi connectivity index (χ2n) is 10.1. The van der Waals surface area contributed by atoms with Crippen LogP contribution in [0.25, 0.3) is 0 Å². The van der Waals surface area contributed by atoms with E-state index in [2.05, 4.69) is 17.6 Å². The molecule has 35 heavy (non-hydrogen) atoms. The highest BCUT2D eigenvalue weighted by Crippen LogP contribution is 2.23. The highest BCUT2D eigenvalue weighted by Gasteiger charge is 2.33. The molecule has 3 rings (SSSR count). The van der Waals surface area contributed by atoms with Crippen LogP contribution in [-0.4, -0.2) is 54.9 Å². The van der Waals surface area contributed by atoms with Crippen LogP contribution < -0.4 is 15.4 Å². The molecule has 1 aromatic carbocycles. The molecule has 1 aromatic rings. The number of amides is 3. The zero-order chi connectivity index (χ0) is 25.0. The van der Waals surface area contributed by atoms with Gasteiger partial charge >= 0.3 is 0 Å². The number of benzene rings is 1. The van der Waals surface area contributed by atoms with Gasteiger partial charge in [-0.2, -0.15) is 0 Å². The molecule has 2 aliphatic rings. The van der Waals surface area contributed by atoms with Gasteiger partial charge in [-0.1, -0.05) is 45.4 Å². The Morgan fingerprint density at radius 1 is 0.914 bits per heavy atom. The molecule has 0 radical (unpaired) electrons. The maximum absolute atomic E-state index is 13.2. The molecule has 194 valence electrons. The van der Waals surface area contributed by atoms with Gasteiger partial charge < -0.3 is 20.3 Å². The molecule has 7 nitrogen and oxygen atoms in total. The van der Waals surface area contributed by atoms with Crippen molar-refractivity contribution >= 4 is 17.7 Å². The molecule has 2 unspecified atom stereocenters. The number of hydrogen-bond donors (Lipinski definition) is 2. The maximum atomic E-state index is 13.2. The van der Waals surface area contributed by atoms with Crippen LogP contribution in [0.4, 0.5) is 0 Å². The van der Waals surface area contributed by atoms with Crippen LogP contribution in [0.2, 0.25) is 0 Å². The van der Waals surface area contributed by atoms with Crippen LogP contribution in [0.15, 0.2) is 24.3 Å². The summed E-state index contributed by atoms with van der Waals surface area (Å²) >= 11 is 0. The molecule has 1 aliphatic carbocycles. The minimum Gasteiger partial charge on any atom is -0.497 e. The highest BCUT2D eigenvalue weighted by molar-refractivity contribution is 5.94. The highest BCUT2D eigenvalue weighted by atomic mass is 16.5. The third-order valence-electron chi connectivity index (χ3n) is 7.40.